The van der Waals surface area contributed by atoms with Crippen molar-refractivity contribution in [3.8, 4) is 17.2 Å². The summed E-state index contributed by atoms with van der Waals surface area (Å²) in [6.45, 7) is 0.441. The zero-order valence-electron chi connectivity index (χ0n) is 16.2. The van der Waals surface area contributed by atoms with E-state index in [1.54, 1.807) is 51.4 Å². The van der Waals surface area contributed by atoms with Crippen molar-refractivity contribution in [2.45, 2.75) is 12.5 Å². The third kappa shape index (κ3) is 5.51. The minimum absolute atomic E-state index is 0. The Hall–Kier alpha value is -2.45. The van der Waals surface area contributed by atoms with E-state index in [0.717, 1.165) is 11.1 Å². The summed E-state index contributed by atoms with van der Waals surface area (Å²) in [6.07, 6.45) is 4.05. The lowest BCUT2D eigenvalue weighted by Gasteiger charge is -2.17. The van der Waals surface area contributed by atoms with Crippen molar-refractivity contribution in [3.05, 3.63) is 35.7 Å². The molecule has 27 heavy (non-hydrogen) atoms. The minimum Gasteiger partial charge on any atom is -0.496 e. The van der Waals surface area contributed by atoms with Gasteiger partial charge in [0, 0.05) is 43.0 Å². The number of nitrogens with zero attached hydrogens (tertiary/aromatic N) is 2. The van der Waals surface area contributed by atoms with Crippen LogP contribution in [-0.2, 0) is 18.3 Å². The molecule has 2 aromatic rings. The lowest BCUT2D eigenvalue weighted by molar-refractivity contribution is -0.123. The second-order valence-corrected chi connectivity index (χ2v) is 5.72. The van der Waals surface area contributed by atoms with Gasteiger partial charge in [-0.05, 0) is 13.5 Å². The summed E-state index contributed by atoms with van der Waals surface area (Å²) in [4.78, 5) is 12.5. The molecule has 1 atom stereocenters. The van der Waals surface area contributed by atoms with Crippen LogP contribution in [0.3, 0.4) is 0 Å². The predicted molar refractivity (Wildman–Crippen MR) is 105 cm³/mol. The van der Waals surface area contributed by atoms with Crippen LogP contribution < -0.4 is 24.8 Å². The van der Waals surface area contributed by atoms with Gasteiger partial charge in [0.05, 0.1) is 27.5 Å². The van der Waals surface area contributed by atoms with Gasteiger partial charge < -0.3 is 24.8 Å². The summed E-state index contributed by atoms with van der Waals surface area (Å²) in [5.41, 5.74) is 1.69. The van der Waals surface area contributed by atoms with Gasteiger partial charge in [-0.2, -0.15) is 5.10 Å². The molecule has 0 aliphatic rings. The molecule has 2 N–H and O–H groups in total. The number of amides is 1. The predicted octanol–water partition coefficient (Wildman–Crippen LogP) is 1.49. The fraction of sp³-hybridized carbons (Fsp3) is 0.444. The van der Waals surface area contributed by atoms with Crippen LogP contribution in [-0.4, -0.2) is 50.6 Å². The minimum atomic E-state index is -0.455. The van der Waals surface area contributed by atoms with Crippen molar-refractivity contribution >= 4 is 18.3 Å². The monoisotopic (exact) mass is 398 g/mol. The topological polar surface area (TPSA) is 86.6 Å². The van der Waals surface area contributed by atoms with E-state index in [0.29, 0.717) is 30.2 Å². The number of nitrogens with one attached hydrogen (secondary N) is 2. The van der Waals surface area contributed by atoms with Crippen molar-refractivity contribution in [2.75, 3.05) is 34.9 Å². The molecule has 0 saturated heterocycles. The zero-order valence-corrected chi connectivity index (χ0v) is 17.1. The van der Waals surface area contributed by atoms with Gasteiger partial charge >= 0.3 is 0 Å². The Bertz CT molecular complexity index is 726. The summed E-state index contributed by atoms with van der Waals surface area (Å²) in [5.74, 6) is 1.85. The van der Waals surface area contributed by atoms with Crippen LogP contribution in [0, 0.1) is 0 Å². The Kier molecular flexibility index (Phi) is 8.90. The van der Waals surface area contributed by atoms with Gasteiger partial charge in [0.25, 0.3) is 0 Å². The molecule has 2 rings (SSSR count). The smallest absolute Gasteiger partial charge is 0.241 e. The molecule has 150 valence electrons. The summed E-state index contributed by atoms with van der Waals surface area (Å²) in [7, 11) is 8.33. The molecule has 1 amide bonds. The van der Waals surface area contributed by atoms with Crippen LogP contribution in [0.15, 0.2) is 24.5 Å². The second-order valence-electron chi connectivity index (χ2n) is 5.72. The quantitative estimate of drug-likeness (QED) is 0.665. The maximum absolute atomic E-state index is 12.5. The molecule has 0 aliphatic heterocycles. The number of hydrogen-bond donors (Lipinski definition) is 2. The fourth-order valence-corrected chi connectivity index (χ4v) is 2.78. The van der Waals surface area contributed by atoms with Gasteiger partial charge in [-0.15, -0.1) is 12.4 Å². The molecule has 9 heteroatoms. The van der Waals surface area contributed by atoms with Crippen molar-refractivity contribution in [1.29, 1.82) is 0 Å². The molecule has 0 saturated carbocycles. The van der Waals surface area contributed by atoms with Gasteiger partial charge in [-0.25, -0.2) is 0 Å². The molecule has 1 unspecified atom stereocenters. The average molecular weight is 399 g/mol. The van der Waals surface area contributed by atoms with Crippen LogP contribution in [0.1, 0.15) is 17.2 Å². The summed E-state index contributed by atoms with van der Waals surface area (Å²) in [6, 6.07) is 3.14. The van der Waals surface area contributed by atoms with E-state index in [1.807, 2.05) is 13.2 Å². The number of ether oxygens (including phenoxy) is 3. The molecule has 1 aromatic heterocycles. The van der Waals surface area contributed by atoms with Crippen molar-refractivity contribution in [1.82, 2.24) is 20.4 Å². The lowest BCUT2D eigenvalue weighted by atomic mass is 10.1. The number of halogens is 1. The van der Waals surface area contributed by atoms with Crippen LogP contribution in [0.25, 0.3) is 0 Å². The van der Waals surface area contributed by atoms with Gasteiger partial charge in [0.1, 0.15) is 23.3 Å². The van der Waals surface area contributed by atoms with Crippen LogP contribution in [0.2, 0.25) is 0 Å². The number of methoxy groups -OCH3 is 3. The van der Waals surface area contributed by atoms with Crippen LogP contribution in [0.5, 0.6) is 17.2 Å². The summed E-state index contributed by atoms with van der Waals surface area (Å²) >= 11 is 0. The van der Waals surface area contributed by atoms with Gasteiger partial charge in [0.2, 0.25) is 5.91 Å². The lowest BCUT2D eigenvalue weighted by Crippen LogP contribution is -2.36. The first-order valence-corrected chi connectivity index (χ1v) is 8.26. The van der Waals surface area contributed by atoms with E-state index in [2.05, 4.69) is 15.7 Å². The molecule has 0 bridgehead atoms. The largest absolute Gasteiger partial charge is 0.496 e. The Labute approximate surface area is 165 Å². The van der Waals surface area contributed by atoms with Crippen molar-refractivity contribution < 1.29 is 19.0 Å². The normalized spacial score (nSPS) is 11.3. The molecule has 0 fully saturated rings. The van der Waals surface area contributed by atoms with Crippen molar-refractivity contribution in [2.24, 2.45) is 7.05 Å². The van der Waals surface area contributed by atoms with Crippen LogP contribution in [0.4, 0.5) is 0 Å². The molecular weight excluding hydrogens is 372 g/mol. The summed E-state index contributed by atoms with van der Waals surface area (Å²) < 4.78 is 17.8. The third-order valence-corrected chi connectivity index (χ3v) is 4.10. The average Bonchev–Trinajstić information content (AvgIpc) is 3.07. The number of carbonyl (C=O) groups excluding carboxylic acids is 1. The number of aromatic nitrogens is 2. The fourth-order valence-electron chi connectivity index (χ4n) is 2.78. The van der Waals surface area contributed by atoms with E-state index in [-0.39, 0.29) is 18.3 Å². The highest BCUT2D eigenvalue weighted by molar-refractivity contribution is 5.85. The Balaban J connectivity index is 0.00000364. The first kappa shape index (κ1) is 22.6. The van der Waals surface area contributed by atoms with E-state index in [4.69, 9.17) is 14.2 Å². The number of benzene rings is 1. The van der Waals surface area contributed by atoms with Gasteiger partial charge in [-0.1, -0.05) is 0 Å². The van der Waals surface area contributed by atoms with Gasteiger partial charge in [0.15, 0.2) is 0 Å². The third-order valence-electron chi connectivity index (χ3n) is 4.10. The maximum atomic E-state index is 12.5. The molecule has 0 aliphatic carbocycles. The SMILES string of the molecule is CNC(C(=O)NCCc1c(OC)cc(OC)cc1OC)c1cnn(C)c1.Cl. The van der Waals surface area contributed by atoms with E-state index < -0.39 is 6.04 Å². The Morgan fingerprint density at radius 1 is 1.19 bits per heavy atom. The summed E-state index contributed by atoms with van der Waals surface area (Å²) in [5, 5.41) is 10.1. The molecular formula is C18H27ClN4O4. The maximum Gasteiger partial charge on any atom is 0.241 e. The Morgan fingerprint density at radius 2 is 1.81 bits per heavy atom. The molecule has 0 radical (unpaired) electrons. The first-order chi connectivity index (χ1) is 12.5. The number of likely N-dealkylation sites (N-methyl/N-ethyl adjacent to an activating group) is 1. The standard InChI is InChI=1S/C18H26N4O4.ClH/c1-19-17(12-10-21-22(2)11-12)18(23)20-7-6-14-15(25-4)8-13(24-3)9-16(14)26-5;/h8-11,17,19H,6-7H2,1-5H3,(H,20,23);1H. The highest BCUT2D eigenvalue weighted by Gasteiger charge is 2.20. The zero-order chi connectivity index (χ0) is 19.1. The highest BCUT2D eigenvalue weighted by atomic mass is 35.5. The van der Waals surface area contributed by atoms with Crippen molar-refractivity contribution in [3.63, 3.8) is 0 Å². The van der Waals surface area contributed by atoms with E-state index in [9.17, 15) is 4.79 Å². The molecule has 1 aromatic carbocycles. The molecule has 8 nitrogen and oxygen atoms in total. The number of hydrogen-bond acceptors (Lipinski definition) is 6. The highest BCUT2D eigenvalue weighted by Crippen LogP contribution is 2.34. The number of carbonyl (C=O) groups is 1. The first-order valence-electron chi connectivity index (χ1n) is 8.26. The second kappa shape index (κ2) is 10.6. The Morgan fingerprint density at radius 3 is 2.26 bits per heavy atom. The molecule has 0 spiro atoms. The number of aryl methyl sites for hydroxylation is 1. The van der Waals surface area contributed by atoms with Crippen LogP contribution >= 0.6 is 12.4 Å². The molecule has 1 heterocycles. The van der Waals surface area contributed by atoms with E-state index >= 15 is 0 Å². The number of rotatable bonds is 9. The van der Waals surface area contributed by atoms with Gasteiger partial charge in [-0.3, -0.25) is 9.48 Å². The van der Waals surface area contributed by atoms with E-state index in [1.165, 1.54) is 0 Å².